The van der Waals surface area contributed by atoms with Crippen LogP contribution in [0.5, 0.6) is 0 Å². The van der Waals surface area contributed by atoms with Crippen molar-refractivity contribution in [2.45, 2.75) is 31.1 Å². The number of aromatic carboxylic acids is 1. The second-order valence-electron chi connectivity index (χ2n) is 4.17. The van der Waals surface area contributed by atoms with E-state index in [0.29, 0.717) is 6.42 Å². The summed E-state index contributed by atoms with van der Waals surface area (Å²) in [6.07, 6.45) is 2.57. The van der Waals surface area contributed by atoms with E-state index in [9.17, 15) is 13.2 Å². The van der Waals surface area contributed by atoms with Crippen LogP contribution >= 0.6 is 23.2 Å². The van der Waals surface area contributed by atoms with Crippen molar-refractivity contribution in [3.63, 3.8) is 0 Å². The largest absolute Gasteiger partial charge is 0.478 e. The summed E-state index contributed by atoms with van der Waals surface area (Å²) in [6, 6.07) is 2.09. The van der Waals surface area contributed by atoms with E-state index >= 15 is 0 Å². The minimum absolute atomic E-state index is 0.104. The molecule has 0 atom stereocenters. The van der Waals surface area contributed by atoms with E-state index in [1.54, 1.807) is 0 Å². The molecule has 0 spiro atoms. The summed E-state index contributed by atoms with van der Waals surface area (Å²) in [5.74, 6) is -1.31. The predicted molar refractivity (Wildman–Crippen MR) is 78.1 cm³/mol. The van der Waals surface area contributed by atoms with Crippen molar-refractivity contribution in [2.24, 2.45) is 0 Å². The molecule has 20 heavy (non-hydrogen) atoms. The van der Waals surface area contributed by atoms with Crippen LogP contribution in [-0.4, -0.2) is 26.0 Å². The second-order valence-corrected chi connectivity index (χ2v) is 6.72. The molecule has 0 amide bonds. The number of rotatable bonds is 7. The summed E-state index contributed by atoms with van der Waals surface area (Å²) in [5, 5.41) is 8.74. The van der Waals surface area contributed by atoms with Crippen LogP contribution < -0.4 is 4.72 Å². The molecule has 0 aliphatic carbocycles. The first-order valence-corrected chi connectivity index (χ1v) is 8.25. The normalized spacial score (nSPS) is 11.6. The zero-order chi connectivity index (χ0) is 15.3. The molecule has 1 aromatic rings. The Hall–Kier alpha value is -0.820. The summed E-state index contributed by atoms with van der Waals surface area (Å²) in [7, 11) is -3.85. The molecule has 112 valence electrons. The lowest BCUT2D eigenvalue weighted by atomic mass is 10.2. The Morgan fingerprint density at radius 3 is 2.45 bits per heavy atom. The maximum Gasteiger partial charge on any atom is 0.337 e. The molecule has 0 aliphatic rings. The Kier molecular flexibility index (Phi) is 6.26. The quantitative estimate of drug-likeness (QED) is 0.747. The molecule has 2 N–H and O–H groups in total. The van der Waals surface area contributed by atoms with Crippen molar-refractivity contribution >= 4 is 39.2 Å². The van der Waals surface area contributed by atoms with Gasteiger partial charge in [0, 0.05) is 6.54 Å². The Morgan fingerprint density at radius 2 is 1.90 bits per heavy atom. The molecule has 0 saturated heterocycles. The van der Waals surface area contributed by atoms with Crippen molar-refractivity contribution < 1.29 is 18.3 Å². The van der Waals surface area contributed by atoms with Crippen molar-refractivity contribution in [1.82, 2.24) is 4.72 Å². The predicted octanol–water partition coefficient (Wildman–Crippen LogP) is 3.16. The topological polar surface area (TPSA) is 83.5 Å². The fraction of sp³-hybridized carbons (Fsp3) is 0.417. The minimum Gasteiger partial charge on any atom is -0.478 e. The average molecular weight is 340 g/mol. The molecule has 0 heterocycles. The molecule has 5 nitrogen and oxygen atoms in total. The van der Waals surface area contributed by atoms with E-state index in [-0.39, 0.29) is 27.0 Å². The molecule has 1 rings (SSSR count). The molecule has 0 radical (unpaired) electrons. The monoisotopic (exact) mass is 339 g/mol. The number of unbranched alkanes of at least 4 members (excludes halogenated alkanes) is 2. The van der Waals surface area contributed by atoms with Crippen molar-refractivity contribution in [1.29, 1.82) is 0 Å². The molecular formula is C12H15Cl2NO4S. The lowest BCUT2D eigenvalue weighted by Gasteiger charge is -2.10. The first kappa shape index (κ1) is 17.2. The van der Waals surface area contributed by atoms with E-state index in [2.05, 4.69) is 4.72 Å². The standard InChI is InChI=1S/C12H15Cl2NO4S/c1-2-3-4-5-15-20(18,19)11-6-8(12(16)17)9(13)7-10(11)14/h6-7,15H,2-5H2,1H3,(H,16,17). The first-order chi connectivity index (χ1) is 9.29. The summed E-state index contributed by atoms with van der Waals surface area (Å²) >= 11 is 11.5. The minimum atomic E-state index is -3.85. The molecule has 0 aliphatic heterocycles. The maximum atomic E-state index is 12.1. The van der Waals surface area contributed by atoms with E-state index in [1.807, 2.05) is 6.92 Å². The van der Waals surface area contributed by atoms with Gasteiger partial charge in [-0.2, -0.15) is 0 Å². The van der Waals surface area contributed by atoms with E-state index in [0.717, 1.165) is 25.0 Å². The van der Waals surface area contributed by atoms with Gasteiger partial charge in [-0.05, 0) is 18.6 Å². The van der Waals surface area contributed by atoms with Crippen LogP contribution in [-0.2, 0) is 10.0 Å². The van der Waals surface area contributed by atoms with E-state index in [4.69, 9.17) is 28.3 Å². The van der Waals surface area contributed by atoms with Gasteiger partial charge in [0.15, 0.2) is 0 Å². The number of sulfonamides is 1. The number of carboxylic acid groups (broad SMARTS) is 1. The zero-order valence-corrected chi connectivity index (χ0v) is 13.1. The fourth-order valence-electron chi connectivity index (χ4n) is 1.56. The number of nitrogens with one attached hydrogen (secondary N) is 1. The molecule has 0 unspecified atom stereocenters. The highest BCUT2D eigenvalue weighted by atomic mass is 35.5. The third kappa shape index (κ3) is 4.34. The Bertz CT molecular complexity index is 602. The first-order valence-electron chi connectivity index (χ1n) is 6.01. The van der Waals surface area contributed by atoms with Gasteiger partial charge in [0.05, 0.1) is 15.6 Å². The second kappa shape index (κ2) is 7.26. The van der Waals surface area contributed by atoms with E-state index < -0.39 is 16.0 Å². The zero-order valence-electron chi connectivity index (χ0n) is 10.8. The highest BCUT2D eigenvalue weighted by Gasteiger charge is 2.21. The highest BCUT2D eigenvalue weighted by Crippen LogP contribution is 2.28. The van der Waals surface area contributed by atoms with Crippen LogP contribution in [0, 0.1) is 0 Å². The molecule has 0 bridgehead atoms. The van der Waals surface area contributed by atoms with Gasteiger partial charge < -0.3 is 5.11 Å². The molecule has 0 aromatic heterocycles. The van der Waals surface area contributed by atoms with Gasteiger partial charge in [-0.15, -0.1) is 0 Å². The lowest BCUT2D eigenvalue weighted by Crippen LogP contribution is -2.25. The van der Waals surface area contributed by atoms with Crippen LogP contribution in [0.2, 0.25) is 10.0 Å². The number of carboxylic acids is 1. The maximum absolute atomic E-state index is 12.1. The number of hydrogen-bond donors (Lipinski definition) is 2. The van der Waals surface area contributed by atoms with Gasteiger partial charge in [-0.3, -0.25) is 0 Å². The fourth-order valence-corrected chi connectivity index (χ4v) is 3.48. The Morgan fingerprint density at radius 1 is 1.25 bits per heavy atom. The number of halogens is 2. The third-order valence-corrected chi connectivity index (χ3v) is 4.85. The number of carbonyl (C=O) groups is 1. The Balaban J connectivity index is 3.05. The number of benzene rings is 1. The van der Waals surface area contributed by atoms with E-state index in [1.165, 1.54) is 0 Å². The highest BCUT2D eigenvalue weighted by molar-refractivity contribution is 7.89. The summed E-state index contributed by atoms with van der Waals surface area (Å²) in [5.41, 5.74) is -0.301. The van der Waals surface area contributed by atoms with Crippen LogP contribution in [0.1, 0.15) is 36.5 Å². The molecule has 1 aromatic carbocycles. The van der Waals surface area contributed by atoms with Crippen molar-refractivity contribution in [3.05, 3.63) is 27.7 Å². The van der Waals surface area contributed by atoms with Gasteiger partial charge in [0.1, 0.15) is 4.90 Å². The van der Waals surface area contributed by atoms with Crippen molar-refractivity contribution in [2.75, 3.05) is 6.54 Å². The van der Waals surface area contributed by atoms with Gasteiger partial charge >= 0.3 is 5.97 Å². The molecule has 0 fully saturated rings. The Labute approximate surface area is 127 Å². The van der Waals surface area contributed by atoms with Gasteiger partial charge in [0.25, 0.3) is 0 Å². The SMILES string of the molecule is CCCCCNS(=O)(=O)c1cc(C(=O)O)c(Cl)cc1Cl. The summed E-state index contributed by atoms with van der Waals surface area (Å²) in [6.45, 7) is 2.28. The van der Waals surface area contributed by atoms with Gasteiger partial charge in [-0.1, -0.05) is 43.0 Å². The summed E-state index contributed by atoms with van der Waals surface area (Å²) in [4.78, 5) is 10.7. The molecule has 8 heteroatoms. The van der Waals surface area contributed by atoms with Gasteiger partial charge in [-0.25, -0.2) is 17.9 Å². The van der Waals surface area contributed by atoms with Gasteiger partial charge in [0.2, 0.25) is 10.0 Å². The average Bonchev–Trinajstić information content (AvgIpc) is 2.33. The lowest BCUT2D eigenvalue weighted by molar-refractivity contribution is 0.0697. The van der Waals surface area contributed by atoms with Crippen LogP contribution in [0.4, 0.5) is 0 Å². The summed E-state index contributed by atoms with van der Waals surface area (Å²) < 4.78 is 26.5. The third-order valence-electron chi connectivity index (χ3n) is 2.61. The number of hydrogen-bond acceptors (Lipinski definition) is 3. The smallest absolute Gasteiger partial charge is 0.337 e. The van der Waals surface area contributed by atoms with Crippen LogP contribution in [0.25, 0.3) is 0 Å². The van der Waals surface area contributed by atoms with Crippen LogP contribution in [0.3, 0.4) is 0 Å². The molecular weight excluding hydrogens is 325 g/mol. The molecule has 0 saturated carbocycles. The van der Waals surface area contributed by atoms with Crippen LogP contribution in [0.15, 0.2) is 17.0 Å². The van der Waals surface area contributed by atoms with Crippen molar-refractivity contribution in [3.8, 4) is 0 Å².